The van der Waals surface area contributed by atoms with Crippen molar-refractivity contribution in [2.75, 3.05) is 6.61 Å². The van der Waals surface area contributed by atoms with Crippen LogP contribution in [0.3, 0.4) is 0 Å². The molecule has 0 rings (SSSR count). The van der Waals surface area contributed by atoms with Crippen LogP contribution in [-0.4, -0.2) is 23.7 Å². The van der Waals surface area contributed by atoms with E-state index in [-0.39, 0.29) is 5.97 Å². The maximum absolute atomic E-state index is 11.6. The fourth-order valence-corrected chi connectivity index (χ4v) is 1.56. The topological polar surface area (TPSA) is 63.6 Å². The lowest BCUT2D eigenvalue weighted by atomic mass is 9.88. The Kier molecular flexibility index (Phi) is 6.75. The van der Waals surface area contributed by atoms with Gasteiger partial charge in [0, 0.05) is 0 Å². The molecule has 4 heteroatoms. The highest BCUT2D eigenvalue weighted by Crippen LogP contribution is 2.21. The van der Waals surface area contributed by atoms with Gasteiger partial charge in [0.25, 0.3) is 0 Å². The smallest absolute Gasteiger partial charge is 0.309 e. The summed E-state index contributed by atoms with van der Waals surface area (Å²) in [6.45, 7) is 5.85. The summed E-state index contributed by atoms with van der Waals surface area (Å²) in [6.07, 6.45) is 1.72. The van der Waals surface area contributed by atoms with E-state index in [2.05, 4.69) is 0 Å². The summed E-state index contributed by atoms with van der Waals surface area (Å²) in [6, 6.07) is 0. The van der Waals surface area contributed by atoms with Gasteiger partial charge in [-0.3, -0.25) is 9.59 Å². The van der Waals surface area contributed by atoms with Crippen molar-refractivity contribution >= 4 is 11.9 Å². The predicted octanol–water partition coefficient (Wildman–Crippen LogP) is 2.08. The maximum atomic E-state index is 11.6. The maximum Gasteiger partial charge on any atom is 0.309 e. The predicted molar refractivity (Wildman–Crippen MR) is 56.4 cm³/mol. The Morgan fingerprint density at radius 2 is 1.67 bits per heavy atom. The molecular formula is C11H20O4. The molecule has 0 radical (unpaired) electrons. The molecule has 0 amide bonds. The van der Waals surface area contributed by atoms with Crippen molar-refractivity contribution in [2.45, 2.75) is 40.0 Å². The Balaban J connectivity index is 4.43. The van der Waals surface area contributed by atoms with Gasteiger partial charge in [0.2, 0.25) is 0 Å². The van der Waals surface area contributed by atoms with E-state index < -0.39 is 17.8 Å². The van der Waals surface area contributed by atoms with Gasteiger partial charge in [-0.2, -0.15) is 0 Å². The standard InChI is InChI=1S/C11H20O4/c1-4-7-15-11(14)9(6-3)8(5-2)10(12)13/h8-9H,4-7H2,1-3H3,(H,12,13)/t8-,9+/m0/s1. The first-order valence-electron chi connectivity index (χ1n) is 5.47. The molecule has 88 valence electrons. The first kappa shape index (κ1) is 13.9. The number of carboxylic acid groups (broad SMARTS) is 1. The van der Waals surface area contributed by atoms with Crippen molar-refractivity contribution in [3.8, 4) is 0 Å². The molecule has 0 aliphatic heterocycles. The zero-order valence-corrected chi connectivity index (χ0v) is 9.66. The highest BCUT2D eigenvalue weighted by molar-refractivity contribution is 5.81. The molecule has 4 nitrogen and oxygen atoms in total. The van der Waals surface area contributed by atoms with Crippen LogP contribution < -0.4 is 0 Å². The van der Waals surface area contributed by atoms with E-state index in [1.54, 1.807) is 6.92 Å². The van der Waals surface area contributed by atoms with Gasteiger partial charge >= 0.3 is 11.9 Å². The number of rotatable bonds is 7. The van der Waals surface area contributed by atoms with Crippen LogP contribution in [0.25, 0.3) is 0 Å². The molecule has 0 unspecified atom stereocenters. The second-order valence-electron chi connectivity index (χ2n) is 3.54. The summed E-state index contributed by atoms with van der Waals surface area (Å²) in [4.78, 5) is 22.5. The summed E-state index contributed by atoms with van der Waals surface area (Å²) < 4.78 is 4.97. The number of carboxylic acids is 1. The number of ether oxygens (including phenoxy) is 1. The Morgan fingerprint density at radius 1 is 1.13 bits per heavy atom. The largest absolute Gasteiger partial charge is 0.481 e. The van der Waals surface area contributed by atoms with Gasteiger partial charge in [0.05, 0.1) is 18.4 Å². The fraction of sp³-hybridized carbons (Fsp3) is 0.818. The number of aliphatic carboxylic acids is 1. The van der Waals surface area contributed by atoms with E-state index >= 15 is 0 Å². The molecule has 0 saturated heterocycles. The average Bonchev–Trinajstić information content (AvgIpc) is 2.21. The van der Waals surface area contributed by atoms with Gasteiger partial charge in [-0.05, 0) is 19.3 Å². The first-order valence-corrected chi connectivity index (χ1v) is 5.47. The van der Waals surface area contributed by atoms with Crippen molar-refractivity contribution in [1.82, 2.24) is 0 Å². The molecule has 0 aliphatic rings. The Bertz CT molecular complexity index is 213. The fourth-order valence-electron chi connectivity index (χ4n) is 1.56. The molecule has 0 saturated carbocycles. The molecule has 0 aromatic rings. The monoisotopic (exact) mass is 216 g/mol. The zero-order chi connectivity index (χ0) is 11.8. The minimum Gasteiger partial charge on any atom is -0.481 e. The lowest BCUT2D eigenvalue weighted by Gasteiger charge is -2.19. The van der Waals surface area contributed by atoms with E-state index in [9.17, 15) is 9.59 Å². The van der Waals surface area contributed by atoms with E-state index in [0.29, 0.717) is 19.4 Å². The zero-order valence-electron chi connectivity index (χ0n) is 9.66. The molecule has 0 aliphatic carbocycles. The number of carbonyl (C=O) groups is 2. The van der Waals surface area contributed by atoms with Crippen LogP contribution in [0, 0.1) is 11.8 Å². The van der Waals surface area contributed by atoms with Crippen molar-refractivity contribution in [3.05, 3.63) is 0 Å². The molecular weight excluding hydrogens is 196 g/mol. The third kappa shape index (κ3) is 4.32. The van der Waals surface area contributed by atoms with Crippen LogP contribution in [0.1, 0.15) is 40.0 Å². The third-order valence-electron chi connectivity index (χ3n) is 2.43. The van der Waals surface area contributed by atoms with Crippen molar-refractivity contribution in [3.63, 3.8) is 0 Å². The molecule has 0 aromatic carbocycles. The van der Waals surface area contributed by atoms with Gasteiger partial charge in [-0.15, -0.1) is 0 Å². The quantitative estimate of drug-likeness (QED) is 0.662. The molecule has 1 N–H and O–H groups in total. The Hall–Kier alpha value is -1.06. The second-order valence-corrected chi connectivity index (χ2v) is 3.54. The molecule has 0 bridgehead atoms. The third-order valence-corrected chi connectivity index (χ3v) is 2.43. The first-order chi connectivity index (χ1) is 7.08. The number of hydrogen-bond donors (Lipinski definition) is 1. The molecule has 15 heavy (non-hydrogen) atoms. The van der Waals surface area contributed by atoms with E-state index in [1.165, 1.54) is 0 Å². The minimum atomic E-state index is -0.919. The summed E-state index contributed by atoms with van der Waals surface area (Å²) in [5.74, 6) is -2.44. The normalized spacial score (nSPS) is 14.3. The van der Waals surface area contributed by atoms with Gasteiger partial charge in [0.15, 0.2) is 0 Å². The second kappa shape index (κ2) is 7.26. The SMILES string of the molecule is CCCOC(=O)[C@H](CC)[C@H](CC)C(=O)O. The van der Waals surface area contributed by atoms with Gasteiger partial charge in [-0.1, -0.05) is 20.8 Å². The molecule has 0 fully saturated rings. The lowest BCUT2D eigenvalue weighted by Crippen LogP contribution is -2.30. The molecule has 0 heterocycles. The van der Waals surface area contributed by atoms with Crippen LogP contribution in [-0.2, 0) is 14.3 Å². The van der Waals surface area contributed by atoms with Crippen molar-refractivity contribution in [1.29, 1.82) is 0 Å². The Labute approximate surface area is 90.6 Å². The number of esters is 1. The van der Waals surface area contributed by atoms with Crippen LogP contribution in [0.15, 0.2) is 0 Å². The highest BCUT2D eigenvalue weighted by atomic mass is 16.5. The van der Waals surface area contributed by atoms with Gasteiger partial charge in [-0.25, -0.2) is 0 Å². The lowest BCUT2D eigenvalue weighted by molar-refractivity contribution is -0.158. The summed E-state index contributed by atoms with van der Waals surface area (Å²) in [5.41, 5.74) is 0. The average molecular weight is 216 g/mol. The van der Waals surface area contributed by atoms with E-state index in [0.717, 1.165) is 6.42 Å². The minimum absolute atomic E-state index is 0.366. The van der Waals surface area contributed by atoms with Crippen LogP contribution in [0.5, 0.6) is 0 Å². The highest BCUT2D eigenvalue weighted by Gasteiger charge is 2.31. The summed E-state index contributed by atoms with van der Waals surface area (Å²) in [7, 11) is 0. The number of hydrogen-bond acceptors (Lipinski definition) is 3. The van der Waals surface area contributed by atoms with E-state index in [1.807, 2.05) is 13.8 Å². The molecule has 0 spiro atoms. The van der Waals surface area contributed by atoms with Gasteiger partial charge < -0.3 is 9.84 Å². The summed E-state index contributed by atoms with van der Waals surface area (Å²) >= 11 is 0. The van der Waals surface area contributed by atoms with Crippen LogP contribution in [0.4, 0.5) is 0 Å². The molecule has 0 aromatic heterocycles. The Morgan fingerprint density at radius 3 is 2.00 bits per heavy atom. The summed E-state index contributed by atoms with van der Waals surface area (Å²) in [5, 5.41) is 8.94. The van der Waals surface area contributed by atoms with Crippen molar-refractivity contribution < 1.29 is 19.4 Å². The van der Waals surface area contributed by atoms with Crippen LogP contribution in [0.2, 0.25) is 0 Å². The van der Waals surface area contributed by atoms with E-state index in [4.69, 9.17) is 9.84 Å². The van der Waals surface area contributed by atoms with Crippen LogP contribution >= 0.6 is 0 Å². The number of carbonyl (C=O) groups excluding carboxylic acids is 1. The van der Waals surface area contributed by atoms with Crippen molar-refractivity contribution in [2.24, 2.45) is 11.8 Å². The molecule has 2 atom stereocenters. The van der Waals surface area contributed by atoms with Gasteiger partial charge in [0.1, 0.15) is 0 Å².